The molecule has 0 unspecified atom stereocenters. The molecule has 1 aromatic carbocycles. The lowest BCUT2D eigenvalue weighted by Crippen LogP contribution is -2.44. The van der Waals surface area contributed by atoms with Crippen LogP contribution in [0.1, 0.15) is 11.6 Å². The first-order valence-electron chi connectivity index (χ1n) is 5.98. The van der Waals surface area contributed by atoms with Crippen molar-refractivity contribution in [1.29, 1.82) is 0 Å². The van der Waals surface area contributed by atoms with Gasteiger partial charge in [-0.05, 0) is 5.56 Å². The largest absolute Gasteiger partial charge is 0.394 e. The fourth-order valence-electron chi connectivity index (χ4n) is 2.28. The smallest absolute Gasteiger partial charge is 0.0967 e. The second-order valence-corrected chi connectivity index (χ2v) is 4.25. The predicted octanol–water partition coefficient (Wildman–Crippen LogP) is 0.413. The van der Waals surface area contributed by atoms with Crippen molar-refractivity contribution in [1.82, 2.24) is 4.90 Å². The molecule has 1 fully saturated rings. The van der Waals surface area contributed by atoms with Crippen LogP contribution >= 0.6 is 0 Å². The Morgan fingerprint density at radius 1 is 1.18 bits per heavy atom. The molecule has 0 bridgehead atoms. The van der Waals surface area contributed by atoms with Gasteiger partial charge in [0.25, 0.3) is 0 Å². The second-order valence-electron chi connectivity index (χ2n) is 4.25. The molecule has 1 aliphatic heterocycles. The number of ether oxygens (including phenoxy) is 1. The van der Waals surface area contributed by atoms with E-state index in [0.29, 0.717) is 13.2 Å². The summed E-state index contributed by atoms with van der Waals surface area (Å²) in [6, 6.07) is 9.67. The zero-order chi connectivity index (χ0) is 12.1. The lowest BCUT2D eigenvalue weighted by molar-refractivity contribution is -0.0379. The fourth-order valence-corrected chi connectivity index (χ4v) is 2.28. The number of rotatable bonds is 4. The molecule has 1 aromatic rings. The van der Waals surface area contributed by atoms with Crippen molar-refractivity contribution in [3.63, 3.8) is 0 Å². The first-order valence-corrected chi connectivity index (χ1v) is 5.98. The van der Waals surface area contributed by atoms with E-state index in [4.69, 9.17) is 4.74 Å². The van der Waals surface area contributed by atoms with Crippen LogP contribution in [0.25, 0.3) is 0 Å². The van der Waals surface area contributed by atoms with E-state index in [1.807, 2.05) is 30.3 Å². The highest BCUT2D eigenvalue weighted by atomic mass is 16.5. The molecule has 2 N–H and O–H groups in total. The van der Waals surface area contributed by atoms with Gasteiger partial charge in [-0.3, -0.25) is 4.90 Å². The predicted molar refractivity (Wildman–Crippen MR) is 64.7 cm³/mol. The molecule has 0 radical (unpaired) electrons. The topological polar surface area (TPSA) is 52.9 Å². The van der Waals surface area contributed by atoms with Gasteiger partial charge < -0.3 is 14.9 Å². The van der Waals surface area contributed by atoms with E-state index < -0.39 is 6.10 Å². The molecular weight excluding hydrogens is 218 g/mol. The maximum absolute atomic E-state index is 9.99. The number of hydrogen-bond acceptors (Lipinski definition) is 4. The Bertz CT molecular complexity index is 325. The highest BCUT2D eigenvalue weighted by molar-refractivity contribution is 5.20. The van der Waals surface area contributed by atoms with Crippen molar-refractivity contribution in [2.75, 3.05) is 32.9 Å². The Morgan fingerprint density at radius 3 is 2.41 bits per heavy atom. The number of aliphatic hydroxyl groups excluding tert-OH is 2. The average Bonchev–Trinajstić information content (AvgIpc) is 2.41. The molecule has 1 saturated heterocycles. The van der Waals surface area contributed by atoms with Gasteiger partial charge in [0.1, 0.15) is 0 Å². The van der Waals surface area contributed by atoms with Gasteiger partial charge in [-0.1, -0.05) is 30.3 Å². The van der Waals surface area contributed by atoms with Gasteiger partial charge in [0, 0.05) is 13.1 Å². The summed E-state index contributed by atoms with van der Waals surface area (Å²) < 4.78 is 5.31. The molecule has 0 aliphatic carbocycles. The quantitative estimate of drug-likeness (QED) is 0.796. The van der Waals surface area contributed by atoms with Crippen LogP contribution in [0.3, 0.4) is 0 Å². The molecule has 4 nitrogen and oxygen atoms in total. The second kappa shape index (κ2) is 6.12. The average molecular weight is 237 g/mol. The maximum atomic E-state index is 9.99. The number of aliphatic hydroxyl groups is 2. The first kappa shape index (κ1) is 12.5. The van der Waals surface area contributed by atoms with Crippen molar-refractivity contribution < 1.29 is 14.9 Å². The summed E-state index contributed by atoms with van der Waals surface area (Å²) in [6.45, 7) is 2.72. The number of morpholine rings is 1. The van der Waals surface area contributed by atoms with E-state index in [1.165, 1.54) is 0 Å². The van der Waals surface area contributed by atoms with Crippen LogP contribution in [0, 0.1) is 0 Å². The van der Waals surface area contributed by atoms with Gasteiger partial charge in [0.15, 0.2) is 0 Å². The highest BCUT2D eigenvalue weighted by Gasteiger charge is 2.28. The molecule has 94 valence electrons. The Morgan fingerprint density at radius 2 is 1.82 bits per heavy atom. The van der Waals surface area contributed by atoms with E-state index in [-0.39, 0.29) is 12.6 Å². The van der Waals surface area contributed by atoms with E-state index in [0.717, 1.165) is 18.7 Å². The van der Waals surface area contributed by atoms with Crippen LogP contribution in [0.4, 0.5) is 0 Å². The lowest BCUT2D eigenvalue weighted by atomic mass is 9.99. The van der Waals surface area contributed by atoms with E-state index in [1.54, 1.807) is 0 Å². The van der Waals surface area contributed by atoms with Gasteiger partial charge in [0.2, 0.25) is 0 Å². The van der Waals surface area contributed by atoms with Crippen molar-refractivity contribution in [3.05, 3.63) is 35.9 Å². The summed E-state index contributed by atoms with van der Waals surface area (Å²) in [5, 5.41) is 19.2. The van der Waals surface area contributed by atoms with Crippen LogP contribution in [0.5, 0.6) is 0 Å². The molecule has 1 aliphatic rings. The lowest BCUT2D eigenvalue weighted by Gasteiger charge is -2.36. The number of hydrogen-bond donors (Lipinski definition) is 2. The number of nitrogens with zero attached hydrogens (tertiary/aromatic N) is 1. The zero-order valence-electron chi connectivity index (χ0n) is 9.83. The summed E-state index contributed by atoms with van der Waals surface area (Å²) in [6.07, 6.45) is -0.754. The molecule has 0 saturated carbocycles. The minimum atomic E-state index is -0.754. The third-order valence-electron chi connectivity index (χ3n) is 3.13. The molecule has 2 rings (SSSR count). The zero-order valence-corrected chi connectivity index (χ0v) is 9.83. The van der Waals surface area contributed by atoms with Crippen LogP contribution < -0.4 is 0 Å². The summed E-state index contributed by atoms with van der Waals surface area (Å²) in [7, 11) is 0. The Balaban J connectivity index is 2.18. The highest BCUT2D eigenvalue weighted by Crippen LogP contribution is 2.25. The Kier molecular flexibility index (Phi) is 4.50. The van der Waals surface area contributed by atoms with Crippen molar-refractivity contribution in [3.8, 4) is 0 Å². The Hall–Kier alpha value is -0.940. The normalized spacial score (nSPS) is 21.1. The van der Waals surface area contributed by atoms with Crippen LogP contribution in [-0.2, 0) is 4.74 Å². The minimum absolute atomic E-state index is 0.148. The summed E-state index contributed by atoms with van der Waals surface area (Å²) in [4.78, 5) is 2.17. The molecular formula is C13H19NO3. The van der Waals surface area contributed by atoms with Gasteiger partial charge in [0.05, 0.1) is 32.0 Å². The molecule has 0 amide bonds. The van der Waals surface area contributed by atoms with Crippen LogP contribution in [0.15, 0.2) is 30.3 Å². The van der Waals surface area contributed by atoms with Gasteiger partial charge in [-0.15, -0.1) is 0 Å². The molecule has 1 heterocycles. The molecule has 2 atom stereocenters. The number of benzene rings is 1. The fraction of sp³-hybridized carbons (Fsp3) is 0.538. The van der Waals surface area contributed by atoms with E-state index in [9.17, 15) is 10.2 Å². The summed E-state index contributed by atoms with van der Waals surface area (Å²) in [5.41, 5.74) is 1.04. The first-order chi connectivity index (χ1) is 8.33. The third kappa shape index (κ3) is 3.04. The molecule has 4 heteroatoms. The van der Waals surface area contributed by atoms with E-state index >= 15 is 0 Å². The van der Waals surface area contributed by atoms with Gasteiger partial charge in [-0.2, -0.15) is 0 Å². The summed E-state index contributed by atoms with van der Waals surface area (Å²) >= 11 is 0. The minimum Gasteiger partial charge on any atom is -0.394 e. The molecule has 0 aromatic heterocycles. The SMILES string of the molecule is OC[C@H](O)[C@@H](c1ccccc1)N1CCOCC1. The van der Waals surface area contributed by atoms with Gasteiger partial charge >= 0.3 is 0 Å². The summed E-state index contributed by atoms with van der Waals surface area (Å²) in [5.74, 6) is 0. The van der Waals surface area contributed by atoms with Crippen molar-refractivity contribution in [2.45, 2.75) is 12.1 Å². The van der Waals surface area contributed by atoms with Crippen molar-refractivity contribution >= 4 is 0 Å². The van der Waals surface area contributed by atoms with Crippen LogP contribution in [0.2, 0.25) is 0 Å². The monoisotopic (exact) mass is 237 g/mol. The van der Waals surface area contributed by atoms with E-state index in [2.05, 4.69) is 4.90 Å². The van der Waals surface area contributed by atoms with Gasteiger partial charge in [-0.25, -0.2) is 0 Å². The Labute approximate surface area is 101 Å². The maximum Gasteiger partial charge on any atom is 0.0967 e. The van der Waals surface area contributed by atoms with Crippen molar-refractivity contribution in [2.24, 2.45) is 0 Å². The molecule has 0 spiro atoms. The van der Waals surface area contributed by atoms with Crippen LogP contribution in [-0.4, -0.2) is 54.1 Å². The third-order valence-corrected chi connectivity index (χ3v) is 3.13. The standard InChI is InChI=1S/C13H19NO3/c15-10-12(16)13(11-4-2-1-3-5-11)14-6-8-17-9-7-14/h1-5,12-13,15-16H,6-10H2/t12-,13+/m0/s1. The molecule has 17 heavy (non-hydrogen) atoms.